The van der Waals surface area contributed by atoms with Crippen LogP contribution in [0.2, 0.25) is 0 Å². The first-order valence-corrected chi connectivity index (χ1v) is 11.5. The molecule has 9 nitrogen and oxygen atoms in total. The molecule has 1 aliphatic heterocycles. The predicted molar refractivity (Wildman–Crippen MR) is 125 cm³/mol. The number of amides is 1. The monoisotopic (exact) mass is 483 g/mol. The van der Waals surface area contributed by atoms with Gasteiger partial charge in [-0.2, -0.15) is 0 Å². The molecule has 34 heavy (non-hydrogen) atoms. The van der Waals surface area contributed by atoms with Crippen molar-refractivity contribution in [2.75, 3.05) is 27.9 Å². The predicted octanol–water partition coefficient (Wildman–Crippen LogP) is 3.69. The molecule has 0 saturated carbocycles. The number of carbonyl (C=O) groups is 2. The van der Waals surface area contributed by atoms with Gasteiger partial charge < -0.3 is 23.8 Å². The molecule has 4 rings (SSSR count). The van der Waals surface area contributed by atoms with E-state index in [1.165, 1.54) is 44.8 Å². The molecule has 0 N–H and O–H groups in total. The van der Waals surface area contributed by atoms with Crippen molar-refractivity contribution in [3.63, 3.8) is 0 Å². The molecule has 1 aromatic heterocycles. The van der Waals surface area contributed by atoms with Crippen molar-refractivity contribution in [1.29, 1.82) is 0 Å². The Morgan fingerprint density at radius 2 is 1.74 bits per heavy atom. The Labute approximate surface area is 201 Å². The van der Waals surface area contributed by atoms with Gasteiger partial charge in [0.05, 0.1) is 27.4 Å². The number of aromatic nitrogens is 2. The lowest BCUT2D eigenvalue weighted by Gasteiger charge is -2.22. The number of ether oxygens (including phenoxy) is 4. The first kappa shape index (κ1) is 23.5. The van der Waals surface area contributed by atoms with E-state index in [-0.39, 0.29) is 18.2 Å². The van der Waals surface area contributed by atoms with Crippen molar-refractivity contribution in [3.05, 3.63) is 58.0 Å². The highest BCUT2D eigenvalue weighted by Gasteiger charge is 2.36. The van der Waals surface area contributed by atoms with Crippen molar-refractivity contribution >= 4 is 23.0 Å². The number of benzene rings is 2. The molecular formula is C24H25N3O6S. The summed E-state index contributed by atoms with van der Waals surface area (Å²) in [5.74, 6) is 0.462. The molecule has 2 heterocycles. The quantitative estimate of drug-likeness (QED) is 0.336. The largest absolute Gasteiger partial charge is 0.493 e. The molecule has 1 aliphatic rings. The van der Waals surface area contributed by atoms with Crippen LogP contribution < -0.4 is 18.9 Å². The third kappa shape index (κ3) is 4.81. The van der Waals surface area contributed by atoms with E-state index in [1.807, 2.05) is 30.3 Å². The number of methoxy groups -OCH3 is 3. The molecular weight excluding hydrogens is 458 g/mol. The van der Waals surface area contributed by atoms with Crippen molar-refractivity contribution in [3.8, 4) is 23.0 Å². The topological polar surface area (TPSA) is 100 Å². The summed E-state index contributed by atoms with van der Waals surface area (Å²) >= 11 is 1.39. The SMILES string of the molecule is COc1cc(C(=O)C(=O)N2CCCC2c2nnc(COc3ccccc3)s2)cc(OC)c1OC. The molecule has 1 saturated heterocycles. The molecule has 1 fully saturated rings. The van der Waals surface area contributed by atoms with Crippen LogP contribution in [-0.2, 0) is 11.4 Å². The summed E-state index contributed by atoms with van der Waals surface area (Å²) in [6.07, 6.45) is 1.48. The summed E-state index contributed by atoms with van der Waals surface area (Å²) in [7, 11) is 4.39. The van der Waals surface area contributed by atoms with Crippen molar-refractivity contribution in [2.24, 2.45) is 0 Å². The summed E-state index contributed by atoms with van der Waals surface area (Å²) in [6, 6.07) is 12.1. The Hall–Kier alpha value is -3.66. The Kier molecular flexibility index (Phi) is 7.27. The maximum absolute atomic E-state index is 13.2. The molecule has 178 valence electrons. The van der Waals surface area contributed by atoms with E-state index in [4.69, 9.17) is 18.9 Å². The molecule has 10 heteroatoms. The molecule has 0 spiro atoms. The minimum atomic E-state index is -0.650. The second-order valence-electron chi connectivity index (χ2n) is 7.54. The van der Waals surface area contributed by atoms with Crippen LogP contribution in [0.15, 0.2) is 42.5 Å². The van der Waals surface area contributed by atoms with Gasteiger partial charge in [0, 0.05) is 12.1 Å². The van der Waals surface area contributed by atoms with Crippen LogP contribution in [0.1, 0.15) is 39.3 Å². The maximum Gasteiger partial charge on any atom is 0.295 e. The number of hydrogen-bond acceptors (Lipinski definition) is 9. The number of Topliss-reactive ketones (excluding diaryl/α,β-unsaturated/α-hetero) is 1. The Morgan fingerprint density at radius 3 is 2.38 bits per heavy atom. The van der Waals surface area contributed by atoms with Gasteiger partial charge in [0.25, 0.3) is 11.7 Å². The number of ketones is 1. The fourth-order valence-electron chi connectivity index (χ4n) is 3.85. The van der Waals surface area contributed by atoms with E-state index in [0.29, 0.717) is 40.2 Å². The average Bonchev–Trinajstić information content (AvgIpc) is 3.56. The van der Waals surface area contributed by atoms with E-state index in [2.05, 4.69) is 10.2 Å². The van der Waals surface area contributed by atoms with Gasteiger partial charge in [0.15, 0.2) is 16.5 Å². The van der Waals surface area contributed by atoms with Gasteiger partial charge in [-0.1, -0.05) is 29.5 Å². The summed E-state index contributed by atoms with van der Waals surface area (Å²) in [5, 5.41) is 9.88. The number of para-hydroxylation sites is 1. The third-order valence-electron chi connectivity index (χ3n) is 5.51. The Balaban J connectivity index is 1.49. The number of hydrogen-bond donors (Lipinski definition) is 0. The van der Waals surface area contributed by atoms with Gasteiger partial charge in [0.2, 0.25) is 5.75 Å². The summed E-state index contributed by atoms with van der Waals surface area (Å²) in [4.78, 5) is 27.9. The molecule has 1 atom stereocenters. The van der Waals surface area contributed by atoms with Crippen LogP contribution in [0.5, 0.6) is 23.0 Å². The summed E-state index contributed by atoms with van der Waals surface area (Å²) < 4.78 is 21.7. The second-order valence-corrected chi connectivity index (χ2v) is 8.63. The van der Waals surface area contributed by atoms with Gasteiger partial charge in [-0.15, -0.1) is 10.2 Å². The molecule has 0 bridgehead atoms. The third-order valence-corrected chi connectivity index (χ3v) is 6.51. The fourth-order valence-corrected chi connectivity index (χ4v) is 4.76. The van der Waals surface area contributed by atoms with Gasteiger partial charge in [-0.3, -0.25) is 9.59 Å². The van der Waals surface area contributed by atoms with Crippen LogP contribution in [-0.4, -0.2) is 54.7 Å². The van der Waals surface area contributed by atoms with Crippen LogP contribution in [0.25, 0.3) is 0 Å². The highest BCUT2D eigenvalue weighted by Crippen LogP contribution is 2.39. The van der Waals surface area contributed by atoms with Crippen molar-refractivity contribution < 1.29 is 28.5 Å². The van der Waals surface area contributed by atoms with Gasteiger partial charge in [0.1, 0.15) is 17.4 Å². The molecule has 2 aromatic carbocycles. The summed E-state index contributed by atoms with van der Waals surface area (Å²) in [5.41, 5.74) is 0.166. The van der Waals surface area contributed by atoms with Gasteiger partial charge >= 0.3 is 0 Å². The van der Waals surface area contributed by atoms with E-state index >= 15 is 0 Å². The maximum atomic E-state index is 13.2. The van der Waals surface area contributed by atoms with Crippen LogP contribution in [0, 0.1) is 0 Å². The van der Waals surface area contributed by atoms with E-state index < -0.39 is 11.7 Å². The van der Waals surface area contributed by atoms with Crippen molar-refractivity contribution in [1.82, 2.24) is 15.1 Å². The molecule has 3 aromatic rings. The minimum absolute atomic E-state index is 0.166. The smallest absolute Gasteiger partial charge is 0.295 e. The second kappa shape index (κ2) is 10.5. The van der Waals surface area contributed by atoms with E-state index in [0.717, 1.165) is 12.2 Å². The Bertz CT molecular complexity index is 1140. The molecule has 1 amide bonds. The number of nitrogens with zero attached hydrogens (tertiary/aromatic N) is 3. The standard InChI is InChI=1S/C24H25N3O6S/c1-30-18-12-15(13-19(31-2)22(18)32-3)21(28)24(29)27-11-7-10-17(27)23-26-25-20(34-23)14-33-16-8-5-4-6-9-16/h4-6,8-9,12-13,17H,7,10-11,14H2,1-3H3. The zero-order chi connectivity index (χ0) is 24.1. The highest BCUT2D eigenvalue weighted by molar-refractivity contribution is 7.11. The number of carbonyl (C=O) groups excluding carboxylic acids is 2. The Morgan fingerprint density at radius 1 is 1.03 bits per heavy atom. The normalized spacial score (nSPS) is 15.1. The van der Waals surface area contributed by atoms with Crippen LogP contribution >= 0.6 is 11.3 Å². The highest BCUT2D eigenvalue weighted by atomic mass is 32.1. The van der Waals surface area contributed by atoms with Crippen LogP contribution in [0.3, 0.4) is 0 Å². The molecule has 1 unspecified atom stereocenters. The van der Waals surface area contributed by atoms with E-state index in [9.17, 15) is 9.59 Å². The zero-order valence-corrected chi connectivity index (χ0v) is 20.0. The van der Waals surface area contributed by atoms with E-state index in [1.54, 1.807) is 4.90 Å². The minimum Gasteiger partial charge on any atom is -0.493 e. The lowest BCUT2D eigenvalue weighted by Crippen LogP contribution is -2.36. The lowest BCUT2D eigenvalue weighted by molar-refractivity contribution is -0.127. The first-order chi connectivity index (χ1) is 16.5. The van der Waals surface area contributed by atoms with Gasteiger partial charge in [-0.25, -0.2) is 0 Å². The fraction of sp³-hybridized carbons (Fsp3) is 0.333. The number of rotatable bonds is 9. The molecule has 0 radical (unpaired) electrons. The summed E-state index contributed by atoms with van der Waals surface area (Å²) in [6.45, 7) is 0.752. The van der Waals surface area contributed by atoms with Crippen LogP contribution in [0.4, 0.5) is 0 Å². The lowest BCUT2D eigenvalue weighted by atomic mass is 10.1. The van der Waals surface area contributed by atoms with Crippen molar-refractivity contribution in [2.45, 2.75) is 25.5 Å². The van der Waals surface area contributed by atoms with Gasteiger partial charge in [-0.05, 0) is 37.1 Å². The number of likely N-dealkylation sites (tertiary alicyclic amines) is 1. The molecule has 0 aliphatic carbocycles. The average molecular weight is 484 g/mol. The zero-order valence-electron chi connectivity index (χ0n) is 19.1. The first-order valence-electron chi connectivity index (χ1n) is 10.7.